The number of hydrogen-bond acceptors (Lipinski definition) is 4. The van der Waals surface area contributed by atoms with Crippen molar-refractivity contribution in [1.29, 1.82) is 0 Å². The van der Waals surface area contributed by atoms with Crippen LogP contribution in [-0.4, -0.2) is 55.8 Å². The predicted molar refractivity (Wildman–Crippen MR) is 74.7 cm³/mol. The first-order valence-corrected chi connectivity index (χ1v) is 8.01. The van der Waals surface area contributed by atoms with Gasteiger partial charge in [0.05, 0.1) is 5.02 Å². The van der Waals surface area contributed by atoms with Gasteiger partial charge >= 0.3 is 0 Å². The molecule has 19 heavy (non-hydrogen) atoms. The van der Waals surface area contributed by atoms with Gasteiger partial charge < -0.3 is 4.90 Å². The van der Waals surface area contributed by atoms with Crippen LogP contribution >= 0.6 is 11.6 Å². The van der Waals surface area contributed by atoms with Gasteiger partial charge in [-0.25, -0.2) is 8.42 Å². The second kappa shape index (κ2) is 5.75. The van der Waals surface area contributed by atoms with Gasteiger partial charge in [-0.15, -0.1) is 0 Å². The molecule has 0 amide bonds. The Morgan fingerprint density at radius 3 is 2.89 bits per heavy atom. The van der Waals surface area contributed by atoms with E-state index in [1.807, 2.05) is 19.0 Å². The molecule has 0 aliphatic carbocycles. The summed E-state index contributed by atoms with van der Waals surface area (Å²) >= 11 is 5.98. The van der Waals surface area contributed by atoms with Crippen molar-refractivity contribution in [2.45, 2.75) is 23.8 Å². The van der Waals surface area contributed by atoms with Crippen molar-refractivity contribution in [3.8, 4) is 0 Å². The first-order chi connectivity index (χ1) is 8.93. The molecule has 0 aromatic carbocycles. The van der Waals surface area contributed by atoms with Gasteiger partial charge in [0.25, 0.3) is 0 Å². The molecule has 2 rings (SSSR count). The van der Waals surface area contributed by atoms with E-state index in [9.17, 15) is 8.42 Å². The number of hydrogen-bond donors (Lipinski definition) is 0. The van der Waals surface area contributed by atoms with Gasteiger partial charge in [0, 0.05) is 31.5 Å². The van der Waals surface area contributed by atoms with Crippen molar-refractivity contribution >= 4 is 21.6 Å². The molecule has 0 spiro atoms. The molecule has 1 saturated heterocycles. The van der Waals surface area contributed by atoms with E-state index in [1.54, 1.807) is 4.31 Å². The van der Waals surface area contributed by atoms with Crippen LogP contribution in [0.25, 0.3) is 0 Å². The summed E-state index contributed by atoms with van der Waals surface area (Å²) in [7, 11) is 0.337. The minimum Gasteiger partial charge on any atom is -0.308 e. The molecule has 1 aromatic heterocycles. The summed E-state index contributed by atoms with van der Waals surface area (Å²) in [5, 5.41) is 0.227. The summed E-state index contributed by atoms with van der Waals surface area (Å²) in [6.45, 7) is 1.27. The highest BCUT2D eigenvalue weighted by molar-refractivity contribution is 7.89. The van der Waals surface area contributed by atoms with E-state index in [2.05, 4.69) is 4.98 Å². The summed E-state index contributed by atoms with van der Waals surface area (Å²) < 4.78 is 26.8. The van der Waals surface area contributed by atoms with E-state index in [-0.39, 0.29) is 16.0 Å². The number of aromatic nitrogens is 1. The Labute approximate surface area is 119 Å². The van der Waals surface area contributed by atoms with Crippen LogP contribution in [0, 0.1) is 0 Å². The van der Waals surface area contributed by atoms with E-state index < -0.39 is 10.0 Å². The number of sulfonamides is 1. The molecule has 0 bridgehead atoms. The fraction of sp³-hybridized carbons (Fsp3) is 0.583. The number of nitrogens with zero attached hydrogens (tertiary/aromatic N) is 3. The second-order valence-electron chi connectivity index (χ2n) is 4.98. The van der Waals surface area contributed by atoms with Crippen molar-refractivity contribution in [2.75, 3.05) is 27.2 Å². The van der Waals surface area contributed by atoms with Crippen LogP contribution in [-0.2, 0) is 10.0 Å². The smallest absolute Gasteiger partial charge is 0.246 e. The average molecular weight is 304 g/mol. The Morgan fingerprint density at radius 2 is 2.26 bits per heavy atom. The van der Waals surface area contributed by atoms with Gasteiger partial charge in [-0.1, -0.05) is 11.6 Å². The Balaban J connectivity index is 2.32. The molecule has 1 fully saturated rings. The van der Waals surface area contributed by atoms with Gasteiger partial charge in [0.2, 0.25) is 10.0 Å². The highest BCUT2D eigenvalue weighted by Gasteiger charge is 2.36. The number of pyridine rings is 1. The molecular formula is C12H18ClN3O2S. The third kappa shape index (κ3) is 3.08. The number of likely N-dealkylation sites (N-methyl/N-ethyl adjacent to an activating group) is 1. The van der Waals surface area contributed by atoms with E-state index in [0.29, 0.717) is 6.54 Å². The summed E-state index contributed by atoms with van der Waals surface area (Å²) in [4.78, 5) is 5.97. The molecule has 0 radical (unpaired) electrons. The SMILES string of the molecule is CN(C)CC1CCCN1S(=O)(=O)c1cnccc1Cl. The average Bonchev–Trinajstić information content (AvgIpc) is 2.77. The zero-order chi connectivity index (χ0) is 14.0. The Morgan fingerprint density at radius 1 is 1.53 bits per heavy atom. The normalized spacial score (nSPS) is 21.2. The van der Waals surface area contributed by atoms with Gasteiger partial charge in [-0.05, 0) is 33.0 Å². The lowest BCUT2D eigenvalue weighted by Crippen LogP contribution is -2.41. The highest BCUT2D eigenvalue weighted by atomic mass is 35.5. The lowest BCUT2D eigenvalue weighted by atomic mass is 10.2. The molecule has 1 unspecified atom stereocenters. The van der Waals surface area contributed by atoms with Crippen LogP contribution in [0.1, 0.15) is 12.8 Å². The largest absolute Gasteiger partial charge is 0.308 e. The summed E-state index contributed by atoms with van der Waals surface area (Å²) in [6, 6.07) is 1.52. The Kier molecular flexibility index (Phi) is 4.45. The lowest BCUT2D eigenvalue weighted by Gasteiger charge is -2.26. The molecule has 106 valence electrons. The minimum absolute atomic E-state index is 0.0104. The second-order valence-corrected chi connectivity index (χ2v) is 7.25. The van der Waals surface area contributed by atoms with Gasteiger partial charge in [0.1, 0.15) is 4.90 Å². The van der Waals surface area contributed by atoms with Crippen molar-refractivity contribution < 1.29 is 8.42 Å². The summed E-state index contributed by atoms with van der Waals surface area (Å²) in [5.41, 5.74) is 0. The molecule has 2 heterocycles. The molecule has 5 nitrogen and oxygen atoms in total. The van der Waals surface area contributed by atoms with Crippen molar-refractivity contribution in [3.63, 3.8) is 0 Å². The number of halogens is 1. The maximum absolute atomic E-state index is 12.6. The molecule has 0 N–H and O–H groups in total. The number of rotatable bonds is 4. The third-order valence-electron chi connectivity index (χ3n) is 3.22. The van der Waals surface area contributed by atoms with Gasteiger partial charge in [0.15, 0.2) is 0 Å². The van der Waals surface area contributed by atoms with E-state index in [0.717, 1.165) is 19.4 Å². The van der Waals surface area contributed by atoms with Crippen molar-refractivity contribution in [3.05, 3.63) is 23.5 Å². The van der Waals surface area contributed by atoms with Crippen LogP contribution in [0.5, 0.6) is 0 Å². The quantitative estimate of drug-likeness (QED) is 0.845. The van der Waals surface area contributed by atoms with Gasteiger partial charge in [-0.3, -0.25) is 4.98 Å². The maximum atomic E-state index is 12.6. The van der Waals surface area contributed by atoms with E-state index >= 15 is 0 Å². The predicted octanol–water partition coefficient (Wildman–Crippen LogP) is 1.45. The summed E-state index contributed by atoms with van der Waals surface area (Å²) in [6.07, 6.45) is 4.58. The van der Waals surface area contributed by atoms with Crippen LogP contribution in [0.2, 0.25) is 5.02 Å². The molecule has 1 atom stereocenters. The molecule has 1 aliphatic rings. The van der Waals surface area contributed by atoms with Crippen LogP contribution < -0.4 is 0 Å². The Bertz CT molecular complexity index is 548. The fourth-order valence-corrected chi connectivity index (χ4v) is 4.50. The highest BCUT2D eigenvalue weighted by Crippen LogP contribution is 2.29. The standard InChI is InChI=1S/C12H18ClN3O2S/c1-15(2)9-10-4-3-7-16(10)19(17,18)12-8-14-6-5-11(12)13/h5-6,8,10H,3-4,7,9H2,1-2H3. The van der Waals surface area contributed by atoms with E-state index in [4.69, 9.17) is 11.6 Å². The van der Waals surface area contributed by atoms with Crippen LogP contribution in [0.4, 0.5) is 0 Å². The van der Waals surface area contributed by atoms with Gasteiger partial charge in [-0.2, -0.15) is 4.31 Å². The molecule has 1 aromatic rings. The van der Waals surface area contributed by atoms with Crippen LogP contribution in [0.3, 0.4) is 0 Å². The van der Waals surface area contributed by atoms with Crippen molar-refractivity contribution in [1.82, 2.24) is 14.2 Å². The monoisotopic (exact) mass is 303 g/mol. The Hall–Kier alpha value is -0.690. The van der Waals surface area contributed by atoms with Crippen molar-refractivity contribution in [2.24, 2.45) is 0 Å². The molecule has 0 saturated carbocycles. The maximum Gasteiger partial charge on any atom is 0.246 e. The fourth-order valence-electron chi connectivity index (χ4n) is 2.41. The first kappa shape index (κ1) is 14.7. The van der Waals surface area contributed by atoms with E-state index in [1.165, 1.54) is 18.5 Å². The zero-order valence-electron chi connectivity index (χ0n) is 11.1. The first-order valence-electron chi connectivity index (χ1n) is 6.19. The third-order valence-corrected chi connectivity index (χ3v) is 5.64. The van der Waals surface area contributed by atoms with Crippen LogP contribution in [0.15, 0.2) is 23.4 Å². The minimum atomic E-state index is -3.55. The zero-order valence-corrected chi connectivity index (χ0v) is 12.7. The summed E-state index contributed by atoms with van der Waals surface area (Å²) in [5.74, 6) is 0. The molecule has 7 heteroatoms. The topological polar surface area (TPSA) is 53.5 Å². The lowest BCUT2D eigenvalue weighted by molar-refractivity contribution is 0.291. The molecular weight excluding hydrogens is 286 g/mol. The molecule has 1 aliphatic heterocycles.